The first-order valence-corrected chi connectivity index (χ1v) is 7.78. The lowest BCUT2D eigenvalue weighted by Gasteiger charge is -2.21. The molecule has 0 aliphatic heterocycles. The fourth-order valence-corrected chi connectivity index (χ4v) is 2.85. The maximum absolute atomic E-state index is 11.6. The number of benzene rings is 1. The maximum atomic E-state index is 11.6. The van der Waals surface area contributed by atoms with E-state index in [9.17, 15) is 15.0 Å². The molecule has 0 atom stereocenters. The molecule has 0 radical (unpaired) electrons. The van der Waals surface area contributed by atoms with E-state index in [0.29, 0.717) is 18.8 Å². The molecule has 0 spiro atoms. The van der Waals surface area contributed by atoms with Gasteiger partial charge in [-0.15, -0.1) is 0 Å². The second-order valence-electron chi connectivity index (χ2n) is 5.08. The number of hydrogen-bond donors (Lipinski definition) is 2. The zero-order valence-electron chi connectivity index (χ0n) is 13.5. The smallest absolute Gasteiger partial charge is 0.339 e. The molecule has 0 bridgehead atoms. The van der Waals surface area contributed by atoms with Gasteiger partial charge in [-0.25, -0.2) is 4.79 Å². The summed E-state index contributed by atoms with van der Waals surface area (Å²) in [5, 5.41) is 19.9. The van der Waals surface area contributed by atoms with Crippen LogP contribution in [0.3, 0.4) is 0 Å². The normalized spacial score (nSPS) is 10.7. The van der Waals surface area contributed by atoms with Gasteiger partial charge in [0.15, 0.2) is 11.5 Å². The minimum absolute atomic E-state index is 0.0148. The van der Waals surface area contributed by atoms with Gasteiger partial charge in [0, 0.05) is 5.56 Å². The Morgan fingerprint density at radius 1 is 1.00 bits per heavy atom. The highest BCUT2D eigenvalue weighted by molar-refractivity contribution is 5.94. The predicted molar refractivity (Wildman–Crippen MR) is 83.6 cm³/mol. The highest BCUT2D eigenvalue weighted by Crippen LogP contribution is 2.41. The van der Waals surface area contributed by atoms with Crippen LogP contribution in [0.15, 0.2) is 0 Å². The lowest BCUT2D eigenvalue weighted by atomic mass is 9.87. The Labute approximate surface area is 126 Å². The van der Waals surface area contributed by atoms with Crippen LogP contribution in [0.5, 0.6) is 11.5 Å². The van der Waals surface area contributed by atoms with Crippen molar-refractivity contribution in [3.8, 4) is 11.5 Å². The summed E-state index contributed by atoms with van der Waals surface area (Å²) >= 11 is 0. The highest BCUT2D eigenvalue weighted by atomic mass is 16.5. The van der Waals surface area contributed by atoms with E-state index in [1.54, 1.807) is 0 Å². The van der Waals surface area contributed by atoms with Gasteiger partial charge in [0.25, 0.3) is 0 Å². The van der Waals surface area contributed by atoms with Crippen molar-refractivity contribution < 1.29 is 19.7 Å². The van der Waals surface area contributed by atoms with Gasteiger partial charge in [-0.2, -0.15) is 0 Å². The molecule has 1 rings (SSSR count). The van der Waals surface area contributed by atoms with Gasteiger partial charge in [0.2, 0.25) is 0 Å². The number of carboxylic acid groups (broad SMARTS) is 1. The largest absolute Gasteiger partial charge is 0.504 e. The summed E-state index contributed by atoms with van der Waals surface area (Å²) < 4.78 is 5.56. The topological polar surface area (TPSA) is 66.8 Å². The number of carbonyl (C=O) groups is 1. The zero-order valence-corrected chi connectivity index (χ0v) is 13.5. The Kier molecular flexibility index (Phi) is 6.53. The molecule has 1 aromatic rings. The van der Waals surface area contributed by atoms with Crippen LogP contribution in [0.1, 0.15) is 67.6 Å². The molecule has 0 aliphatic carbocycles. The number of phenols is 1. The summed E-state index contributed by atoms with van der Waals surface area (Å²) in [6.07, 6.45) is 3.95. The van der Waals surface area contributed by atoms with Crippen LogP contribution in [0, 0.1) is 0 Å². The predicted octanol–water partition coefficient (Wildman–Crippen LogP) is 3.96. The first-order valence-electron chi connectivity index (χ1n) is 7.78. The van der Waals surface area contributed by atoms with Crippen LogP contribution in [0.25, 0.3) is 0 Å². The molecule has 1 aromatic carbocycles. The molecule has 21 heavy (non-hydrogen) atoms. The fourth-order valence-electron chi connectivity index (χ4n) is 2.85. The van der Waals surface area contributed by atoms with E-state index in [2.05, 4.69) is 6.92 Å². The van der Waals surface area contributed by atoms with E-state index >= 15 is 0 Å². The molecule has 0 saturated carbocycles. The number of carboxylic acids is 1. The fraction of sp³-hybridized carbons (Fsp3) is 0.588. The van der Waals surface area contributed by atoms with E-state index in [4.69, 9.17) is 4.74 Å². The van der Waals surface area contributed by atoms with Crippen LogP contribution in [0.4, 0.5) is 0 Å². The number of ether oxygens (including phenoxy) is 1. The van der Waals surface area contributed by atoms with E-state index in [0.717, 1.165) is 42.4 Å². The second-order valence-corrected chi connectivity index (χ2v) is 5.08. The zero-order chi connectivity index (χ0) is 16.0. The molecule has 0 heterocycles. The van der Waals surface area contributed by atoms with Crippen molar-refractivity contribution in [3.63, 3.8) is 0 Å². The minimum Gasteiger partial charge on any atom is -0.504 e. The molecule has 2 N–H and O–H groups in total. The summed E-state index contributed by atoms with van der Waals surface area (Å²) in [6, 6.07) is 0. The Balaban J connectivity index is 3.73. The number of aromatic carboxylic acids is 1. The van der Waals surface area contributed by atoms with Crippen molar-refractivity contribution in [2.45, 2.75) is 59.8 Å². The number of rotatable bonds is 8. The maximum Gasteiger partial charge on any atom is 0.339 e. The minimum atomic E-state index is -1.09. The monoisotopic (exact) mass is 294 g/mol. The van der Waals surface area contributed by atoms with Crippen LogP contribution in [-0.2, 0) is 19.3 Å². The first-order chi connectivity index (χ1) is 10.0. The van der Waals surface area contributed by atoms with Gasteiger partial charge >= 0.3 is 5.97 Å². The SMILES string of the molecule is CCCc1c(CC)c(OCC)c(O)c(C(=O)O)c1CCC. The molecule has 4 nitrogen and oxygen atoms in total. The van der Waals surface area contributed by atoms with Gasteiger partial charge in [0.05, 0.1) is 6.61 Å². The van der Waals surface area contributed by atoms with Crippen LogP contribution < -0.4 is 4.74 Å². The number of hydrogen-bond acceptors (Lipinski definition) is 3. The molecular weight excluding hydrogens is 268 g/mol. The molecule has 4 heteroatoms. The van der Waals surface area contributed by atoms with Gasteiger partial charge in [-0.05, 0) is 37.3 Å². The van der Waals surface area contributed by atoms with E-state index < -0.39 is 5.97 Å². The van der Waals surface area contributed by atoms with Gasteiger partial charge in [-0.3, -0.25) is 0 Å². The summed E-state index contributed by atoms with van der Waals surface area (Å²) in [5.74, 6) is -0.956. The Morgan fingerprint density at radius 3 is 2.00 bits per heavy atom. The molecule has 0 unspecified atom stereocenters. The van der Waals surface area contributed by atoms with E-state index in [1.165, 1.54) is 0 Å². The second kappa shape index (κ2) is 7.91. The third kappa shape index (κ3) is 3.49. The first kappa shape index (κ1) is 17.3. The molecule has 0 aromatic heterocycles. The third-order valence-electron chi connectivity index (χ3n) is 3.61. The van der Waals surface area contributed by atoms with Gasteiger partial charge in [-0.1, -0.05) is 33.6 Å². The van der Waals surface area contributed by atoms with Crippen molar-refractivity contribution in [3.05, 3.63) is 22.3 Å². The standard InChI is InChI=1S/C17H26O4/c1-5-9-12-11(7-3)16(21-8-4)15(18)14(17(19)20)13(12)10-6-2/h18H,5-10H2,1-4H3,(H,19,20). The average Bonchev–Trinajstić information content (AvgIpc) is 2.44. The summed E-state index contributed by atoms with van der Waals surface area (Å²) in [5.41, 5.74) is 2.77. The molecule has 0 amide bonds. The molecular formula is C17H26O4. The summed E-state index contributed by atoms with van der Waals surface area (Å²) in [4.78, 5) is 11.6. The third-order valence-corrected chi connectivity index (χ3v) is 3.61. The summed E-state index contributed by atoms with van der Waals surface area (Å²) in [7, 11) is 0. The van der Waals surface area contributed by atoms with E-state index in [-0.39, 0.29) is 11.3 Å². The Bertz CT molecular complexity index is 506. The van der Waals surface area contributed by atoms with Crippen LogP contribution in [0.2, 0.25) is 0 Å². The van der Waals surface area contributed by atoms with Crippen molar-refractivity contribution in [2.24, 2.45) is 0 Å². The molecule has 0 fully saturated rings. The molecule has 0 saturated heterocycles. The Morgan fingerprint density at radius 2 is 1.57 bits per heavy atom. The van der Waals surface area contributed by atoms with Crippen LogP contribution in [-0.4, -0.2) is 22.8 Å². The molecule has 0 aliphatic rings. The lowest BCUT2D eigenvalue weighted by molar-refractivity contribution is 0.0691. The van der Waals surface area contributed by atoms with Crippen molar-refractivity contribution in [2.75, 3.05) is 6.61 Å². The van der Waals surface area contributed by atoms with Crippen molar-refractivity contribution in [1.29, 1.82) is 0 Å². The Hall–Kier alpha value is -1.71. The van der Waals surface area contributed by atoms with Crippen LogP contribution >= 0.6 is 0 Å². The van der Waals surface area contributed by atoms with Gasteiger partial charge in [0.1, 0.15) is 5.56 Å². The summed E-state index contributed by atoms with van der Waals surface area (Å²) in [6.45, 7) is 8.33. The molecule has 118 valence electrons. The van der Waals surface area contributed by atoms with Gasteiger partial charge < -0.3 is 14.9 Å². The lowest BCUT2D eigenvalue weighted by Crippen LogP contribution is -2.12. The quantitative estimate of drug-likeness (QED) is 0.761. The van der Waals surface area contributed by atoms with E-state index in [1.807, 2.05) is 20.8 Å². The number of aromatic hydroxyl groups is 1. The van der Waals surface area contributed by atoms with Crippen molar-refractivity contribution >= 4 is 5.97 Å². The van der Waals surface area contributed by atoms with Crippen molar-refractivity contribution in [1.82, 2.24) is 0 Å². The average molecular weight is 294 g/mol. The highest BCUT2D eigenvalue weighted by Gasteiger charge is 2.26.